The maximum absolute atomic E-state index is 13.2. The first-order chi connectivity index (χ1) is 6.69. The molecule has 0 aliphatic rings. The second kappa shape index (κ2) is 4.20. The fourth-order valence-electron chi connectivity index (χ4n) is 1.06. The van der Waals surface area contributed by atoms with Crippen LogP contribution in [0, 0.1) is 35.4 Å². The zero-order valence-electron chi connectivity index (χ0n) is 7.58. The Bertz CT molecular complexity index is 425. The summed E-state index contributed by atoms with van der Waals surface area (Å²) < 4.78 is 13.2. The third-order valence-corrected chi connectivity index (χ3v) is 1.80. The van der Waals surface area contributed by atoms with Crippen LogP contribution >= 0.6 is 0 Å². The van der Waals surface area contributed by atoms with Gasteiger partial charge < -0.3 is 0 Å². The second-order valence-electron chi connectivity index (χ2n) is 2.75. The lowest BCUT2D eigenvalue weighted by molar-refractivity contribution is 0.623. The van der Waals surface area contributed by atoms with Gasteiger partial charge in [-0.1, -0.05) is 12.1 Å². The third-order valence-electron chi connectivity index (χ3n) is 1.80. The van der Waals surface area contributed by atoms with Crippen molar-refractivity contribution in [3.05, 3.63) is 40.7 Å². The van der Waals surface area contributed by atoms with Gasteiger partial charge in [-0.25, -0.2) is 4.39 Å². The number of nitriles is 2. The van der Waals surface area contributed by atoms with Crippen LogP contribution in [0.4, 0.5) is 4.39 Å². The Morgan fingerprint density at radius 3 is 2.50 bits per heavy atom. The van der Waals surface area contributed by atoms with Crippen molar-refractivity contribution in [3.8, 4) is 12.1 Å². The molecule has 1 aromatic rings. The summed E-state index contributed by atoms with van der Waals surface area (Å²) in [5.74, 6) is -0.423. The first-order valence-corrected chi connectivity index (χ1v) is 3.96. The molecule has 0 aliphatic heterocycles. The lowest BCUT2D eigenvalue weighted by atomic mass is 10.1. The fourth-order valence-corrected chi connectivity index (χ4v) is 1.06. The molecule has 0 saturated heterocycles. The molecule has 0 bridgehead atoms. The van der Waals surface area contributed by atoms with Gasteiger partial charge in [0, 0.05) is 5.56 Å². The van der Waals surface area contributed by atoms with Crippen molar-refractivity contribution < 1.29 is 4.39 Å². The van der Waals surface area contributed by atoms with E-state index in [-0.39, 0.29) is 5.57 Å². The van der Waals surface area contributed by atoms with E-state index < -0.39 is 5.82 Å². The van der Waals surface area contributed by atoms with Gasteiger partial charge in [0.1, 0.15) is 23.5 Å². The molecular weight excluding hydrogens is 179 g/mol. The van der Waals surface area contributed by atoms with Gasteiger partial charge in [-0.15, -0.1) is 0 Å². The summed E-state index contributed by atoms with van der Waals surface area (Å²) in [4.78, 5) is 0. The highest BCUT2D eigenvalue weighted by Gasteiger charge is 2.03. The van der Waals surface area contributed by atoms with Crippen molar-refractivity contribution >= 4 is 6.08 Å². The molecule has 0 N–H and O–H groups in total. The summed E-state index contributed by atoms with van der Waals surface area (Å²) in [6.07, 6.45) is 1.25. The Kier molecular flexibility index (Phi) is 2.99. The summed E-state index contributed by atoms with van der Waals surface area (Å²) in [7, 11) is 0. The third kappa shape index (κ3) is 1.97. The molecule has 14 heavy (non-hydrogen) atoms. The van der Waals surface area contributed by atoms with Crippen LogP contribution in [0.3, 0.4) is 0 Å². The summed E-state index contributed by atoms with van der Waals surface area (Å²) >= 11 is 0. The van der Waals surface area contributed by atoms with Gasteiger partial charge in [0.15, 0.2) is 0 Å². The van der Waals surface area contributed by atoms with Crippen LogP contribution in [0.5, 0.6) is 0 Å². The molecule has 0 saturated carbocycles. The number of hydrogen-bond acceptors (Lipinski definition) is 2. The number of aryl methyl sites for hydroxylation is 1. The average molecular weight is 186 g/mol. The van der Waals surface area contributed by atoms with Gasteiger partial charge in [0.2, 0.25) is 0 Å². The summed E-state index contributed by atoms with van der Waals surface area (Å²) in [6, 6.07) is 7.98. The topological polar surface area (TPSA) is 47.6 Å². The number of allylic oxidation sites excluding steroid dienone is 1. The largest absolute Gasteiger partial charge is 0.206 e. The first-order valence-electron chi connectivity index (χ1n) is 3.96. The monoisotopic (exact) mass is 186 g/mol. The number of halogens is 1. The minimum atomic E-state index is -0.423. The van der Waals surface area contributed by atoms with Gasteiger partial charge >= 0.3 is 0 Å². The molecule has 1 aromatic carbocycles. The first kappa shape index (κ1) is 9.95. The van der Waals surface area contributed by atoms with Crippen molar-refractivity contribution in [2.45, 2.75) is 6.92 Å². The molecule has 0 fully saturated rings. The Morgan fingerprint density at radius 1 is 1.36 bits per heavy atom. The van der Waals surface area contributed by atoms with E-state index in [1.807, 2.05) is 0 Å². The highest BCUT2D eigenvalue weighted by atomic mass is 19.1. The number of rotatable bonds is 1. The molecule has 0 unspecified atom stereocenters. The molecule has 0 aromatic heterocycles. The number of nitrogens with zero attached hydrogens (tertiary/aromatic N) is 2. The smallest absolute Gasteiger partial charge is 0.130 e. The Hall–Kier alpha value is -2.13. The van der Waals surface area contributed by atoms with Crippen LogP contribution in [0.15, 0.2) is 23.8 Å². The van der Waals surface area contributed by atoms with E-state index in [2.05, 4.69) is 0 Å². The van der Waals surface area contributed by atoms with E-state index in [4.69, 9.17) is 10.5 Å². The minimum Gasteiger partial charge on any atom is -0.206 e. The van der Waals surface area contributed by atoms with Crippen molar-refractivity contribution in [3.63, 3.8) is 0 Å². The molecule has 68 valence electrons. The Balaban J connectivity index is 3.30. The standard InChI is InChI=1S/C11H7FN2/c1-8-3-2-4-11(12)10(8)5-9(6-13)7-14/h2-5H,1H3. The van der Waals surface area contributed by atoms with Gasteiger partial charge in [-0.3, -0.25) is 0 Å². The van der Waals surface area contributed by atoms with E-state index in [0.29, 0.717) is 11.1 Å². The highest BCUT2D eigenvalue weighted by Crippen LogP contribution is 2.15. The second-order valence-corrected chi connectivity index (χ2v) is 2.75. The summed E-state index contributed by atoms with van der Waals surface area (Å²) in [5, 5.41) is 17.0. The molecule has 0 atom stereocenters. The van der Waals surface area contributed by atoms with Crippen molar-refractivity contribution in [1.29, 1.82) is 10.5 Å². The van der Waals surface area contributed by atoms with E-state index in [0.717, 1.165) is 0 Å². The maximum atomic E-state index is 13.2. The van der Waals surface area contributed by atoms with Crippen LogP contribution < -0.4 is 0 Å². The molecule has 0 amide bonds. The number of hydrogen-bond donors (Lipinski definition) is 0. The SMILES string of the molecule is Cc1cccc(F)c1C=C(C#N)C#N. The average Bonchev–Trinajstić information content (AvgIpc) is 2.18. The predicted molar refractivity (Wildman–Crippen MR) is 50.3 cm³/mol. The Morgan fingerprint density at radius 2 is 2.00 bits per heavy atom. The van der Waals surface area contributed by atoms with Gasteiger partial charge in [-0.05, 0) is 24.6 Å². The van der Waals surface area contributed by atoms with E-state index in [1.165, 1.54) is 12.1 Å². The molecule has 1 rings (SSSR count). The molecular formula is C11H7FN2. The highest BCUT2D eigenvalue weighted by molar-refractivity contribution is 5.64. The predicted octanol–water partition coefficient (Wildman–Crippen LogP) is 2.56. The summed E-state index contributed by atoms with van der Waals surface area (Å²) in [5.41, 5.74) is 0.900. The molecule has 2 nitrogen and oxygen atoms in total. The number of benzene rings is 1. The fraction of sp³-hybridized carbons (Fsp3) is 0.0909. The molecule has 0 radical (unpaired) electrons. The van der Waals surface area contributed by atoms with Crippen LogP contribution in [0.1, 0.15) is 11.1 Å². The van der Waals surface area contributed by atoms with Crippen LogP contribution in [0.2, 0.25) is 0 Å². The van der Waals surface area contributed by atoms with Gasteiger partial charge in [0.05, 0.1) is 0 Å². The molecule has 0 heterocycles. The zero-order valence-corrected chi connectivity index (χ0v) is 7.58. The molecule has 0 spiro atoms. The van der Waals surface area contributed by atoms with Crippen LogP contribution in [-0.4, -0.2) is 0 Å². The lowest BCUT2D eigenvalue weighted by Gasteiger charge is -2.00. The van der Waals surface area contributed by atoms with E-state index in [9.17, 15) is 4.39 Å². The molecule has 0 aliphatic carbocycles. The van der Waals surface area contributed by atoms with Crippen molar-refractivity contribution in [1.82, 2.24) is 0 Å². The summed E-state index contributed by atoms with van der Waals surface area (Å²) in [6.45, 7) is 1.72. The van der Waals surface area contributed by atoms with E-state index in [1.54, 1.807) is 31.2 Å². The zero-order chi connectivity index (χ0) is 10.6. The van der Waals surface area contributed by atoms with Crippen LogP contribution in [-0.2, 0) is 0 Å². The lowest BCUT2D eigenvalue weighted by Crippen LogP contribution is -1.87. The minimum absolute atomic E-state index is 0.0989. The van der Waals surface area contributed by atoms with Crippen molar-refractivity contribution in [2.75, 3.05) is 0 Å². The quantitative estimate of drug-likeness (QED) is 0.633. The Labute approximate surface area is 81.5 Å². The van der Waals surface area contributed by atoms with Crippen molar-refractivity contribution in [2.24, 2.45) is 0 Å². The maximum Gasteiger partial charge on any atom is 0.130 e. The molecule has 3 heteroatoms. The van der Waals surface area contributed by atoms with E-state index >= 15 is 0 Å². The van der Waals surface area contributed by atoms with Crippen LogP contribution in [0.25, 0.3) is 6.08 Å². The van der Waals surface area contributed by atoms with Gasteiger partial charge in [-0.2, -0.15) is 10.5 Å². The van der Waals surface area contributed by atoms with Gasteiger partial charge in [0.25, 0.3) is 0 Å². The normalized spacial score (nSPS) is 8.57.